The van der Waals surface area contributed by atoms with Gasteiger partial charge in [0.2, 0.25) is 0 Å². The SMILES string of the molecule is CCC(CC)n1nc(C(=O)N(C)CCCC(=O)O)cc1C. The van der Waals surface area contributed by atoms with Crippen LogP contribution in [0.25, 0.3) is 0 Å². The molecule has 1 aromatic rings. The highest BCUT2D eigenvalue weighted by Crippen LogP contribution is 2.18. The molecule has 0 unspecified atom stereocenters. The van der Waals surface area contributed by atoms with Gasteiger partial charge in [-0.2, -0.15) is 5.10 Å². The van der Waals surface area contributed by atoms with Gasteiger partial charge in [-0.05, 0) is 32.3 Å². The van der Waals surface area contributed by atoms with Crippen LogP contribution in [0.3, 0.4) is 0 Å². The van der Waals surface area contributed by atoms with E-state index in [1.807, 2.05) is 11.6 Å². The summed E-state index contributed by atoms with van der Waals surface area (Å²) in [4.78, 5) is 24.3. The normalized spacial score (nSPS) is 10.9. The number of nitrogens with zero attached hydrogens (tertiary/aromatic N) is 3. The van der Waals surface area contributed by atoms with Crippen LogP contribution in [0, 0.1) is 6.92 Å². The Balaban J connectivity index is 2.74. The van der Waals surface area contributed by atoms with Gasteiger partial charge < -0.3 is 10.0 Å². The molecule has 0 atom stereocenters. The van der Waals surface area contributed by atoms with Crippen molar-refractivity contribution in [1.82, 2.24) is 14.7 Å². The summed E-state index contributed by atoms with van der Waals surface area (Å²) >= 11 is 0. The van der Waals surface area contributed by atoms with Crippen molar-refractivity contribution in [1.29, 1.82) is 0 Å². The molecule has 0 aromatic carbocycles. The van der Waals surface area contributed by atoms with E-state index in [-0.39, 0.29) is 12.3 Å². The van der Waals surface area contributed by atoms with Crippen molar-refractivity contribution in [3.05, 3.63) is 17.5 Å². The van der Waals surface area contributed by atoms with Crippen LogP contribution in [0.4, 0.5) is 0 Å². The largest absolute Gasteiger partial charge is 0.481 e. The van der Waals surface area contributed by atoms with E-state index in [4.69, 9.17) is 5.11 Å². The summed E-state index contributed by atoms with van der Waals surface area (Å²) < 4.78 is 1.92. The van der Waals surface area contributed by atoms with Crippen LogP contribution in [0.5, 0.6) is 0 Å². The summed E-state index contributed by atoms with van der Waals surface area (Å²) in [6, 6.07) is 2.11. The van der Waals surface area contributed by atoms with Gasteiger partial charge >= 0.3 is 5.97 Å². The van der Waals surface area contributed by atoms with Gasteiger partial charge in [-0.1, -0.05) is 13.8 Å². The van der Waals surface area contributed by atoms with Crippen LogP contribution in [0.2, 0.25) is 0 Å². The summed E-state index contributed by atoms with van der Waals surface area (Å²) in [5.74, 6) is -1.00. The van der Waals surface area contributed by atoms with Crippen LogP contribution >= 0.6 is 0 Å². The van der Waals surface area contributed by atoms with E-state index in [1.165, 1.54) is 4.90 Å². The second kappa shape index (κ2) is 7.81. The number of aromatic nitrogens is 2. The van der Waals surface area contributed by atoms with E-state index < -0.39 is 5.97 Å². The van der Waals surface area contributed by atoms with Crippen molar-refractivity contribution < 1.29 is 14.7 Å². The highest BCUT2D eigenvalue weighted by atomic mass is 16.4. The Morgan fingerprint density at radius 1 is 1.38 bits per heavy atom. The molecule has 0 spiro atoms. The molecule has 118 valence electrons. The Bertz CT molecular complexity index is 492. The maximum Gasteiger partial charge on any atom is 0.303 e. The average Bonchev–Trinajstić information content (AvgIpc) is 2.81. The lowest BCUT2D eigenvalue weighted by Gasteiger charge is -2.16. The summed E-state index contributed by atoms with van der Waals surface area (Å²) in [6.45, 7) is 6.58. The predicted octanol–water partition coefficient (Wildman–Crippen LogP) is 2.49. The third kappa shape index (κ3) is 4.58. The van der Waals surface area contributed by atoms with Crippen LogP contribution < -0.4 is 0 Å². The Labute approximate surface area is 125 Å². The minimum atomic E-state index is -0.843. The lowest BCUT2D eigenvalue weighted by molar-refractivity contribution is -0.137. The van der Waals surface area contributed by atoms with E-state index >= 15 is 0 Å². The molecule has 0 radical (unpaired) electrons. The summed E-state index contributed by atoms with van der Waals surface area (Å²) in [6.07, 6.45) is 2.46. The molecule has 0 saturated carbocycles. The van der Waals surface area contributed by atoms with E-state index in [9.17, 15) is 9.59 Å². The monoisotopic (exact) mass is 295 g/mol. The zero-order chi connectivity index (χ0) is 16.0. The van der Waals surface area contributed by atoms with Gasteiger partial charge in [0.25, 0.3) is 5.91 Å². The number of rotatable bonds is 8. The number of hydrogen-bond donors (Lipinski definition) is 1. The maximum absolute atomic E-state index is 12.3. The highest BCUT2D eigenvalue weighted by Gasteiger charge is 2.19. The molecule has 0 aliphatic heterocycles. The van der Waals surface area contributed by atoms with E-state index in [1.54, 1.807) is 13.1 Å². The Hall–Kier alpha value is -1.85. The van der Waals surface area contributed by atoms with E-state index in [2.05, 4.69) is 18.9 Å². The van der Waals surface area contributed by atoms with Crippen LogP contribution in [0.15, 0.2) is 6.07 Å². The molecular formula is C15H25N3O3. The first kappa shape index (κ1) is 17.2. The molecule has 0 bridgehead atoms. The third-order valence-corrected chi connectivity index (χ3v) is 3.66. The number of hydrogen-bond acceptors (Lipinski definition) is 3. The first-order valence-electron chi connectivity index (χ1n) is 7.44. The molecule has 1 aromatic heterocycles. The summed E-state index contributed by atoms with van der Waals surface area (Å²) in [7, 11) is 1.68. The number of carbonyl (C=O) groups excluding carboxylic acids is 1. The number of carbonyl (C=O) groups is 2. The number of aryl methyl sites for hydroxylation is 1. The van der Waals surface area contributed by atoms with Crippen LogP contribution in [-0.2, 0) is 4.79 Å². The van der Waals surface area contributed by atoms with Gasteiger partial charge in [0.05, 0.1) is 6.04 Å². The Morgan fingerprint density at radius 2 is 2.00 bits per heavy atom. The van der Waals surface area contributed by atoms with Crippen molar-refractivity contribution in [2.45, 2.75) is 52.5 Å². The molecule has 0 aliphatic rings. The van der Waals surface area contributed by atoms with Gasteiger partial charge in [-0.15, -0.1) is 0 Å². The fourth-order valence-electron chi connectivity index (χ4n) is 2.36. The van der Waals surface area contributed by atoms with Crippen molar-refractivity contribution in [3.63, 3.8) is 0 Å². The standard InChI is InChI=1S/C15H25N3O3/c1-5-12(6-2)18-11(3)10-13(16-18)15(21)17(4)9-7-8-14(19)20/h10,12H,5-9H2,1-4H3,(H,19,20). The zero-order valence-electron chi connectivity index (χ0n) is 13.3. The van der Waals surface area contributed by atoms with Crippen LogP contribution in [0.1, 0.15) is 61.8 Å². The molecule has 1 N–H and O–H groups in total. The Morgan fingerprint density at radius 3 is 2.52 bits per heavy atom. The summed E-state index contributed by atoms with van der Waals surface area (Å²) in [5, 5.41) is 13.0. The second-order valence-corrected chi connectivity index (χ2v) is 5.31. The van der Waals surface area contributed by atoms with Gasteiger partial charge in [-0.3, -0.25) is 14.3 Å². The highest BCUT2D eigenvalue weighted by molar-refractivity contribution is 5.92. The lowest BCUT2D eigenvalue weighted by atomic mass is 10.2. The molecule has 0 saturated heterocycles. The second-order valence-electron chi connectivity index (χ2n) is 5.31. The smallest absolute Gasteiger partial charge is 0.303 e. The first-order valence-corrected chi connectivity index (χ1v) is 7.44. The summed E-state index contributed by atoms with van der Waals surface area (Å²) in [5.41, 5.74) is 1.41. The number of amides is 1. The van der Waals surface area contributed by atoms with Crippen molar-refractivity contribution in [2.75, 3.05) is 13.6 Å². The minimum absolute atomic E-state index is 0.0683. The van der Waals surface area contributed by atoms with Gasteiger partial charge in [0.15, 0.2) is 5.69 Å². The minimum Gasteiger partial charge on any atom is -0.481 e. The lowest BCUT2D eigenvalue weighted by Crippen LogP contribution is -2.28. The van der Waals surface area contributed by atoms with Crippen molar-refractivity contribution >= 4 is 11.9 Å². The molecule has 1 heterocycles. The van der Waals surface area contributed by atoms with E-state index in [0.717, 1.165) is 18.5 Å². The van der Waals surface area contributed by atoms with Gasteiger partial charge in [0.1, 0.15) is 0 Å². The molecule has 6 nitrogen and oxygen atoms in total. The average molecular weight is 295 g/mol. The molecule has 6 heteroatoms. The van der Waals surface area contributed by atoms with Crippen LogP contribution in [-0.4, -0.2) is 45.3 Å². The molecule has 1 amide bonds. The fourth-order valence-corrected chi connectivity index (χ4v) is 2.36. The Kier molecular flexibility index (Phi) is 6.39. The quantitative estimate of drug-likeness (QED) is 0.799. The molecule has 0 aliphatic carbocycles. The van der Waals surface area contributed by atoms with Gasteiger partial charge in [-0.25, -0.2) is 0 Å². The topological polar surface area (TPSA) is 75.4 Å². The molecule has 0 fully saturated rings. The number of carboxylic acid groups (broad SMARTS) is 1. The zero-order valence-corrected chi connectivity index (χ0v) is 13.3. The van der Waals surface area contributed by atoms with Crippen molar-refractivity contribution in [2.24, 2.45) is 0 Å². The molecule has 21 heavy (non-hydrogen) atoms. The third-order valence-electron chi connectivity index (χ3n) is 3.66. The predicted molar refractivity (Wildman–Crippen MR) is 80.4 cm³/mol. The molecular weight excluding hydrogens is 270 g/mol. The first-order chi connectivity index (χ1) is 9.90. The van der Waals surface area contributed by atoms with Crippen molar-refractivity contribution in [3.8, 4) is 0 Å². The fraction of sp³-hybridized carbons (Fsp3) is 0.667. The number of carboxylic acids is 1. The maximum atomic E-state index is 12.3. The van der Waals surface area contributed by atoms with E-state index in [0.29, 0.717) is 24.7 Å². The molecule has 1 rings (SSSR count). The number of aliphatic carboxylic acids is 1. The van der Waals surface area contributed by atoms with Gasteiger partial charge in [0, 0.05) is 25.7 Å².